The average molecular weight is 591 g/mol. The van der Waals surface area contributed by atoms with Gasteiger partial charge in [0.15, 0.2) is 11.6 Å². The minimum Gasteiger partial charge on any atom is -0.497 e. The van der Waals surface area contributed by atoms with Crippen molar-refractivity contribution in [1.29, 1.82) is 0 Å². The van der Waals surface area contributed by atoms with E-state index in [1.807, 2.05) is 12.1 Å². The molecule has 0 bridgehead atoms. The molecule has 11 nitrogen and oxygen atoms in total. The molecule has 1 aliphatic heterocycles. The predicted molar refractivity (Wildman–Crippen MR) is 165 cm³/mol. The lowest BCUT2D eigenvalue weighted by molar-refractivity contribution is -0.117. The summed E-state index contributed by atoms with van der Waals surface area (Å²) in [5.74, 6) is 1.76. The van der Waals surface area contributed by atoms with Crippen LogP contribution in [0.15, 0.2) is 66.7 Å². The number of likely N-dealkylation sites (tertiary alicyclic amines) is 1. The molecule has 0 spiro atoms. The molecule has 0 aliphatic carbocycles. The van der Waals surface area contributed by atoms with Crippen molar-refractivity contribution in [2.24, 2.45) is 5.92 Å². The highest BCUT2D eigenvalue weighted by molar-refractivity contribution is 7.74. The lowest BCUT2D eigenvalue weighted by atomic mass is 10.0. The van der Waals surface area contributed by atoms with Crippen molar-refractivity contribution < 1.29 is 22.7 Å². The van der Waals surface area contributed by atoms with E-state index in [1.165, 1.54) is 6.42 Å². The molecule has 1 aliphatic rings. The maximum Gasteiger partial charge on any atom is 0.238 e. The van der Waals surface area contributed by atoms with E-state index >= 15 is 0 Å². The van der Waals surface area contributed by atoms with Gasteiger partial charge in [0.2, 0.25) is 16.8 Å². The molecule has 1 fully saturated rings. The Labute approximate surface area is 246 Å². The highest BCUT2D eigenvalue weighted by Gasteiger charge is 2.22. The number of ether oxygens (including phenoxy) is 2. The summed E-state index contributed by atoms with van der Waals surface area (Å²) >= 11 is 0. The summed E-state index contributed by atoms with van der Waals surface area (Å²) in [6.45, 7) is 4.24. The van der Waals surface area contributed by atoms with Gasteiger partial charge < -0.3 is 20.1 Å². The fourth-order valence-corrected chi connectivity index (χ4v) is 5.69. The van der Waals surface area contributed by atoms with Crippen LogP contribution < -0.4 is 24.4 Å². The number of methoxy groups -OCH3 is 2. The summed E-state index contributed by atoms with van der Waals surface area (Å²) < 4.78 is 37.5. The largest absolute Gasteiger partial charge is 0.497 e. The van der Waals surface area contributed by atoms with Crippen LogP contribution in [0, 0.1) is 5.92 Å². The molecule has 1 unspecified atom stereocenters. The molecule has 220 valence electrons. The molecule has 2 N–H and O–H groups in total. The van der Waals surface area contributed by atoms with Crippen LogP contribution in [0.2, 0.25) is 0 Å². The van der Waals surface area contributed by atoms with Crippen LogP contribution in [0.5, 0.6) is 11.5 Å². The van der Waals surface area contributed by atoms with Crippen molar-refractivity contribution in [3.05, 3.63) is 66.7 Å². The van der Waals surface area contributed by atoms with Gasteiger partial charge in [0.05, 0.1) is 37.5 Å². The molecule has 5 rings (SSSR count). The topological polar surface area (TPSA) is 126 Å². The minimum absolute atomic E-state index is 0.0670. The van der Waals surface area contributed by atoms with Gasteiger partial charge in [-0.1, -0.05) is 25.1 Å². The zero-order valence-electron chi connectivity index (χ0n) is 23.7. The summed E-state index contributed by atoms with van der Waals surface area (Å²) in [4.78, 5) is 24.4. The molecule has 1 amide bonds. The summed E-state index contributed by atoms with van der Waals surface area (Å²) in [6.07, 6.45) is 2.24. The average Bonchev–Trinajstić information content (AvgIpc) is 2.97. The molecular weight excluding hydrogens is 556 g/mol. The zero-order valence-corrected chi connectivity index (χ0v) is 24.6. The van der Waals surface area contributed by atoms with Crippen molar-refractivity contribution in [1.82, 2.24) is 14.9 Å². The van der Waals surface area contributed by atoms with Crippen molar-refractivity contribution >= 4 is 56.5 Å². The number of hydrogen-bond acceptors (Lipinski definition) is 9. The number of fused-ring (bicyclic) bond motifs is 1. The van der Waals surface area contributed by atoms with Gasteiger partial charge in [-0.25, -0.2) is 22.7 Å². The van der Waals surface area contributed by atoms with Gasteiger partial charge >= 0.3 is 0 Å². The highest BCUT2D eigenvalue weighted by Crippen LogP contribution is 2.35. The smallest absolute Gasteiger partial charge is 0.238 e. The number of benzene rings is 3. The van der Waals surface area contributed by atoms with Gasteiger partial charge in [-0.2, -0.15) is 0 Å². The normalized spacial score (nSPS) is 15.4. The number of nitrogens with zero attached hydrogens (tertiary/aromatic N) is 4. The van der Waals surface area contributed by atoms with Gasteiger partial charge in [0.25, 0.3) is 0 Å². The van der Waals surface area contributed by atoms with Gasteiger partial charge in [-0.15, -0.1) is 0 Å². The molecule has 0 saturated carbocycles. The van der Waals surface area contributed by atoms with Crippen molar-refractivity contribution in [3.63, 3.8) is 0 Å². The first-order valence-electron chi connectivity index (χ1n) is 13.7. The molecule has 1 aromatic heterocycles. The summed E-state index contributed by atoms with van der Waals surface area (Å²) in [7, 11) is -0.124. The number of anilines is 5. The van der Waals surface area contributed by atoms with E-state index in [-0.39, 0.29) is 24.1 Å². The third-order valence-corrected chi connectivity index (χ3v) is 7.76. The van der Waals surface area contributed by atoms with Gasteiger partial charge in [-0.3, -0.25) is 9.69 Å². The Hall–Kier alpha value is -4.42. The molecular formula is C30H34N6O5S. The fourth-order valence-electron chi connectivity index (χ4n) is 5.08. The number of hydrogen-bond donors (Lipinski definition) is 3. The van der Waals surface area contributed by atoms with Crippen LogP contribution in [0.1, 0.15) is 19.8 Å². The van der Waals surface area contributed by atoms with Crippen molar-refractivity contribution in [3.8, 4) is 11.5 Å². The van der Waals surface area contributed by atoms with E-state index in [4.69, 9.17) is 19.4 Å². The maximum atomic E-state index is 12.8. The highest BCUT2D eigenvalue weighted by atomic mass is 32.2. The lowest BCUT2D eigenvalue weighted by Crippen LogP contribution is -2.39. The number of amides is 1. The molecule has 42 heavy (non-hydrogen) atoms. The zero-order chi connectivity index (χ0) is 29.6. The van der Waals surface area contributed by atoms with Crippen LogP contribution in [0.25, 0.3) is 11.0 Å². The van der Waals surface area contributed by atoms with Crippen LogP contribution in [-0.2, 0) is 15.7 Å². The molecule has 1 atom stereocenters. The Bertz CT molecular complexity index is 1630. The first kappa shape index (κ1) is 29.1. The second-order valence-electron chi connectivity index (χ2n) is 10.2. The fraction of sp³-hybridized carbons (Fsp3) is 0.300. The number of carbonyl (C=O) groups is 1. The predicted octanol–water partition coefficient (Wildman–Crippen LogP) is 4.73. The summed E-state index contributed by atoms with van der Waals surface area (Å²) in [5, 5.41) is 6.11. The number of para-hydroxylation sites is 2. The number of aromatic nitrogens is 2. The third kappa shape index (κ3) is 6.89. The summed E-state index contributed by atoms with van der Waals surface area (Å²) in [6, 6.07) is 19.1. The Kier molecular flexibility index (Phi) is 9.03. The van der Waals surface area contributed by atoms with Gasteiger partial charge in [-0.05, 0) is 55.6 Å². The maximum absolute atomic E-state index is 12.8. The minimum atomic E-state index is -3.21. The van der Waals surface area contributed by atoms with E-state index < -0.39 is 10.9 Å². The quantitative estimate of drug-likeness (QED) is 0.225. The summed E-state index contributed by atoms with van der Waals surface area (Å²) in [5.41, 5.74) is 2.43. The molecule has 0 radical (unpaired) electrons. The Balaban J connectivity index is 1.49. The van der Waals surface area contributed by atoms with Crippen LogP contribution in [-0.4, -0.2) is 63.0 Å². The standard InChI is InChI=1S/C30H34N6O5S/c1-20-8-7-13-35(18-20)19-28(37)31-21-9-6-10-23(14-21)36(42(38)39)30-29(33-26-11-4-5-12-27(26)34-30)32-22-15-24(40-2)17-25(16-22)41-3/h4-6,9-12,14-17,20,42H,7-8,13,18-19H2,1-3H3,(H,31,37)(H,32,33). The number of rotatable bonds is 10. The molecule has 2 heterocycles. The van der Waals surface area contributed by atoms with E-state index in [0.29, 0.717) is 45.5 Å². The second-order valence-corrected chi connectivity index (χ2v) is 11.1. The van der Waals surface area contributed by atoms with Crippen LogP contribution >= 0.6 is 0 Å². The lowest BCUT2D eigenvalue weighted by Gasteiger charge is -2.30. The van der Waals surface area contributed by atoms with E-state index in [0.717, 1.165) is 23.8 Å². The monoisotopic (exact) mass is 590 g/mol. The molecule has 12 heteroatoms. The number of carbonyl (C=O) groups excluding carboxylic acids is 1. The Morgan fingerprint density at radius 1 is 0.976 bits per heavy atom. The van der Waals surface area contributed by atoms with E-state index in [9.17, 15) is 13.2 Å². The second kappa shape index (κ2) is 13.0. The van der Waals surface area contributed by atoms with E-state index in [1.54, 1.807) is 68.8 Å². The SMILES string of the molecule is COc1cc(Nc2nc3ccccc3nc2N(c2cccc(NC(=O)CN3CCCC(C)C3)c2)[SH](=O)=O)cc(OC)c1. The number of thiol groups is 1. The Morgan fingerprint density at radius 3 is 2.36 bits per heavy atom. The van der Waals surface area contributed by atoms with Gasteiger partial charge in [0.1, 0.15) is 11.5 Å². The number of piperidine rings is 1. The number of nitrogens with one attached hydrogen (secondary N) is 2. The molecule has 3 aromatic carbocycles. The van der Waals surface area contributed by atoms with Gasteiger partial charge in [0, 0.05) is 36.1 Å². The third-order valence-electron chi connectivity index (χ3n) is 7.01. The first-order valence-corrected chi connectivity index (χ1v) is 14.8. The first-order chi connectivity index (χ1) is 20.3. The van der Waals surface area contributed by atoms with Crippen LogP contribution in [0.3, 0.4) is 0 Å². The van der Waals surface area contributed by atoms with Crippen molar-refractivity contribution in [2.75, 3.05) is 48.8 Å². The van der Waals surface area contributed by atoms with Crippen molar-refractivity contribution in [2.45, 2.75) is 19.8 Å². The van der Waals surface area contributed by atoms with Crippen LogP contribution in [0.4, 0.5) is 28.7 Å². The molecule has 4 aromatic rings. The van der Waals surface area contributed by atoms with E-state index in [2.05, 4.69) is 22.5 Å². The Morgan fingerprint density at radius 2 is 1.69 bits per heavy atom. The molecule has 1 saturated heterocycles.